The average molecular weight is 303 g/mol. The van der Waals surface area contributed by atoms with E-state index in [9.17, 15) is 0 Å². The Balaban J connectivity index is 1.77. The van der Waals surface area contributed by atoms with Gasteiger partial charge in [-0.1, -0.05) is 48.5 Å². The number of anilines is 1. The SMILES string of the molecule is c1ccc(-c2cc(NC3=NCCN3)n(-c3ccccc3)n2)cc1. The minimum Gasteiger partial charge on any atom is -0.354 e. The van der Waals surface area contributed by atoms with Crippen LogP contribution in [-0.4, -0.2) is 28.8 Å². The summed E-state index contributed by atoms with van der Waals surface area (Å²) in [7, 11) is 0. The third kappa shape index (κ3) is 2.81. The molecule has 0 unspecified atom stereocenters. The van der Waals surface area contributed by atoms with Crippen LogP contribution in [0.2, 0.25) is 0 Å². The zero-order valence-corrected chi connectivity index (χ0v) is 12.6. The Bertz CT molecular complexity index is 821. The van der Waals surface area contributed by atoms with Gasteiger partial charge in [-0.05, 0) is 12.1 Å². The molecular weight excluding hydrogens is 286 g/mol. The van der Waals surface area contributed by atoms with Crippen LogP contribution in [0, 0.1) is 0 Å². The number of aliphatic imine (C=N–C) groups is 1. The summed E-state index contributed by atoms with van der Waals surface area (Å²) in [4.78, 5) is 4.40. The number of benzene rings is 2. The Kier molecular flexibility index (Phi) is 3.52. The van der Waals surface area contributed by atoms with Gasteiger partial charge < -0.3 is 10.6 Å². The molecule has 0 saturated heterocycles. The third-order valence-corrected chi connectivity index (χ3v) is 3.70. The monoisotopic (exact) mass is 303 g/mol. The molecule has 1 aromatic heterocycles. The highest BCUT2D eigenvalue weighted by molar-refractivity contribution is 5.94. The number of nitrogens with one attached hydrogen (secondary N) is 2. The van der Waals surface area contributed by atoms with Crippen molar-refractivity contribution in [2.75, 3.05) is 18.4 Å². The molecule has 1 aliphatic heterocycles. The van der Waals surface area contributed by atoms with Crippen LogP contribution in [0.15, 0.2) is 71.7 Å². The number of rotatable bonds is 3. The first kappa shape index (κ1) is 13.6. The van der Waals surface area contributed by atoms with Crippen LogP contribution in [0.25, 0.3) is 16.9 Å². The van der Waals surface area contributed by atoms with E-state index in [1.807, 2.05) is 59.3 Å². The first-order valence-corrected chi connectivity index (χ1v) is 7.66. The maximum atomic E-state index is 4.76. The summed E-state index contributed by atoms with van der Waals surface area (Å²) in [6, 6.07) is 22.3. The highest BCUT2D eigenvalue weighted by Gasteiger charge is 2.14. The summed E-state index contributed by atoms with van der Waals surface area (Å²) in [5.41, 5.74) is 3.03. The van der Waals surface area contributed by atoms with E-state index >= 15 is 0 Å². The van der Waals surface area contributed by atoms with Crippen LogP contribution in [0.3, 0.4) is 0 Å². The van der Waals surface area contributed by atoms with Crippen molar-refractivity contribution in [3.8, 4) is 16.9 Å². The molecule has 5 heteroatoms. The molecule has 0 fully saturated rings. The van der Waals surface area contributed by atoms with Crippen molar-refractivity contribution in [1.29, 1.82) is 0 Å². The number of aromatic nitrogens is 2. The van der Waals surface area contributed by atoms with Gasteiger partial charge in [0.2, 0.25) is 0 Å². The summed E-state index contributed by atoms with van der Waals surface area (Å²) in [6.45, 7) is 1.67. The van der Waals surface area contributed by atoms with Gasteiger partial charge >= 0.3 is 0 Å². The molecule has 0 bridgehead atoms. The molecule has 0 atom stereocenters. The van der Waals surface area contributed by atoms with Crippen molar-refractivity contribution in [3.05, 3.63) is 66.7 Å². The molecule has 2 heterocycles. The number of hydrogen-bond donors (Lipinski definition) is 2. The Hall–Kier alpha value is -3.08. The molecule has 0 saturated carbocycles. The van der Waals surface area contributed by atoms with Crippen molar-refractivity contribution in [1.82, 2.24) is 15.1 Å². The van der Waals surface area contributed by atoms with E-state index in [0.717, 1.165) is 41.8 Å². The summed E-state index contributed by atoms with van der Waals surface area (Å²) in [6.07, 6.45) is 0. The standard InChI is InChI=1S/C18H17N5/c1-3-7-14(8-4-1)16-13-17(21-18-19-11-12-20-18)23(22-16)15-9-5-2-6-10-15/h1-10,13H,11-12H2,(H2,19,20,21). The van der Waals surface area contributed by atoms with Gasteiger partial charge in [-0.3, -0.25) is 4.99 Å². The van der Waals surface area contributed by atoms with Crippen LogP contribution < -0.4 is 10.6 Å². The maximum Gasteiger partial charge on any atom is 0.197 e. The Morgan fingerprint density at radius 2 is 1.70 bits per heavy atom. The molecular formula is C18H17N5. The smallest absolute Gasteiger partial charge is 0.197 e. The molecule has 4 rings (SSSR count). The second-order valence-electron chi connectivity index (χ2n) is 5.31. The molecule has 0 aliphatic carbocycles. The minimum atomic E-state index is 0.793. The van der Waals surface area contributed by atoms with Gasteiger partial charge in [-0.2, -0.15) is 5.10 Å². The highest BCUT2D eigenvalue weighted by Crippen LogP contribution is 2.24. The Morgan fingerprint density at radius 1 is 0.957 bits per heavy atom. The van der Waals surface area contributed by atoms with Crippen molar-refractivity contribution in [2.24, 2.45) is 4.99 Å². The van der Waals surface area contributed by atoms with Crippen molar-refractivity contribution in [2.45, 2.75) is 0 Å². The summed E-state index contributed by atoms with van der Waals surface area (Å²) >= 11 is 0. The van der Waals surface area contributed by atoms with Gasteiger partial charge in [-0.25, -0.2) is 4.68 Å². The lowest BCUT2D eigenvalue weighted by Crippen LogP contribution is -2.27. The van der Waals surface area contributed by atoms with Crippen LogP contribution >= 0.6 is 0 Å². The fraction of sp³-hybridized carbons (Fsp3) is 0.111. The molecule has 2 N–H and O–H groups in total. The van der Waals surface area contributed by atoms with E-state index in [0.29, 0.717) is 0 Å². The second-order valence-corrected chi connectivity index (χ2v) is 5.31. The van der Waals surface area contributed by atoms with E-state index in [-0.39, 0.29) is 0 Å². The highest BCUT2D eigenvalue weighted by atomic mass is 15.4. The van der Waals surface area contributed by atoms with Crippen molar-refractivity contribution >= 4 is 11.8 Å². The van der Waals surface area contributed by atoms with E-state index in [1.165, 1.54) is 0 Å². The zero-order valence-electron chi connectivity index (χ0n) is 12.6. The number of nitrogens with zero attached hydrogens (tertiary/aromatic N) is 3. The van der Waals surface area contributed by atoms with Gasteiger partial charge in [0.25, 0.3) is 0 Å². The van der Waals surface area contributed by atoms with Crippen LogP contribution in [-0.2, 0) is 0 Å². The summed E-state index contributed by atoms with van der Waals surface area (Å²) < 4.78 is 1.91. The van der Waals surface area contributed by atoms with Gasteiger partial charge in [-0.15, -0.1) is 0 Å². The topological polar surface area (TPSA) is 54.2 Å². The van der Waals surface area contributed by atoms with Crippen LogP contribution in [0.1, 0.15) is 0 Å². The third-order valence-electron chi connectivity index (χ3n) is 3.70. The molecule has 1 aliphatic rings. The first-order chi connectivity index (χ1) is 11.4. The fourth-order valence-corrected chi connectivity index (χ4v) is 2.59. The normalized spacial score (nSPS) is 13.5. The Morgan fingerprint density at radius 3 is 2.39 bits per heavy atom. The summed E-state index contributed by atoms with van der Waals surface area (Å²) in [5, 5.41) is 11.3. The molecule has 5 nitrogen and oxygen atoms in total. The van der Waals surface area contributed by atoms with Crippen molar-refractivity contribution in [3.63, 3.8) is 0 Å². The maximum absolute atomic E-state index is 4.76. The lowest BCUT2D eigenvalue weighted by Gasteiger charge is -2.09. The molecule has 3 aromatic rings. The molecule has 0 amide bonds. The van der Waals surface area contributed by atoms with Crippen LogP contribution in [0.4, 0.5) is 5.82 Å². The number of guanidine groups is 1. The van der Waals surface area contributed by atoms with Crippen molar-refractivity contribution < 1.29 is 0 Å². The predicted octanol–water partition coefficient (Wildman–Crippen LogP) is 2.91. The Labute approximate surface area is 134 Å². The quantitative estimate of drug-likeness (QED) is 0.782. The van der Waals surface area contributed by atoms with Gasteiger partial charge in [0.1, 0.15) is 5.82 Å². The minimum absolute atomic E-state index is 0.793. The predicted molar refractivity (Wildman–Crippen MR) is 92.9 cm³/mol. The average Bonchev–Trinajstić information content (AvgIpc) is 3.27. The van der Waals surface area contributed by atoms with E-state index in [1.54, 1.807) is 0 Å². The van der Waals surface area contributed by atoms with E-state index in [4.69, 9.17) is 5.10 Å². The van der Waals surface area contributed by atoms with E-state index in [2.05, 4.69) is 27.8 Å². The lowest BCUT2D eigenvalue weighted by atomic mass is 10.2. The van der Waals surface area contributed by atoms with Gasteiger partial charge in [0.05, 0.1) is 17.9 Å². The van der Waals surface area contributed by atoms with Gasteiger partial charge in [0.15, 0.2) is 5.96 Å². The number of hydrogen-bond acceptors (Lipinski definition) is 4. The fourth-order valence-electron chi connectivity index (χ4n) is 2.59. The van der Waals surface area contributed by atoms with Crippen LogP contribution in [0.5, 0.6) is 0 Å². The largest absolute Gasteiger partial charge is 0.354 e. The first-order valence-electron chi connectivity index (χ1n) is 7.66. The molecule has 114 valence electrons. The zero-order chi connectivity index (χ0) is 15.5. The van der Waals surface area contributed by atoms with E-state index < -0.39 is 0 Å². The molecule has 0 radical (unpaired) electrons. The number of para-hydroxylation sites is 1. The summed E-state index contributed by atoms with van der Waals surface area (Å²) in [5.74, 6) is 1.69. The lowest BCUT2D eigenvalue weighted by molar-refractivity contribution is 0.891. The van der Waals surface area contributed by atoms with Gasteiger partial charge in [0, 0.05) is 18.2 Å². The molecule has 23 heavy (non-hydrogen) atoms. The molecule has 2 aromatic carbocycles. The molecule has 0 spiro atoms. The second kappa shape index (κ2) is 5.96.